The maximum atomic E-state index is 12.6. The molecule has 1 amide bonds. The molecule has 8 heteroatoms. The lowest BCUT2D eigenvalue weighted by Crippen LogP contribution is -2.30. The van der Waals surface area contributed by atoms with E-state index in [-0.39, 0.29) is 22.6 Å². The minimum absolute atomic E-state index is 0.0133. The van der Waals surface area contributed by atoms with Gasteiger partial charge in [-0.2, -0.15) is 0 Å². The summed E-state index contributed by atoms with van der Waals surface area (Å²) in [4.78, 5) is 13.7. The summed E-state index contributed by atoms with van der Waals surface area (Å²) in [5.41, 5.74) is 1.30. The molecule has 0 aliphatic heterocycles. The van der Waals surface area contributed by atoms with Crippen molar-refractivity contribution in [3.05, 3.63) is 69.7 Å². The van der Waals surface area contributed by atoms with E-state index in [1.54, 1.807) is 53.1 Å². The summed E-state index contributed by atoms with van der Waals surface area (Å²) < 4.78 is 27.4. The van der Waals surface area contributed by atoms with Crippen LogP contribution in [0.5, 0.6) is 0 Å². The normalized spacial score (nSPS) is 12.7. The average molecular weight is 449 g/mol. The summed E-state index contributed by atoms with van der Waals surface area (Å²) in [6.45, 7) is 4.28. The lowest BCUT2D eigenvalue weighted by Gasteiger charge is -2.19. The molecule has 1 aromatic carbocycles. The minimum atomic E-state index is -3.57. The number of hydrogen-bond donors (Lipinski definition) is 2. The molecule has 3 aromatic rings. The van der Waals surface area contributed by atoms with Crippen molar-refractivity contribution < 1.29 is 13.2 Å². The van der Waals surface area contributed by atoms with E-state index in [2.05, 4.69) is 23.9 Å². The second kappa shape index (κ2) is 9.56. The van der Waals surface area contributed by atoms with E-state index in [1.165, 1.54) is 11.3 Å². The summed E-state index contributed by atoms with van der Waals surface area (Å²) in [5, 5.41) is 6.87. The zero-order valence-corrected chi connectivity index (χ0v) is 18.7. The van der Waals surface area contributed by atoms with Crippen molar-refractivity contribution in [2.24, 2.45) is 5.92 Å². The maximum absolute atomic E-state index is 12.6. The van der Waals surface area contributed by atoms with Gasteiger partial charge < -0.3 is 5.32 Å². The molecule has 0 saturated heterocycles. The van der Waals surface area contributed by atoms with Crippen LogP contribution in [0.2, 0.25) is 0 Å². The molecule has 0 aliphatic rings. The van der Waals surface area contributed by atoms with Gasteiger partial charge in [0, 0.05) is 10.6 Å². The predicted molar refractivity (Wildman–Crippen MR) is 120 cm³/mol. The van der Waals surface area contributed by atoms with Gasteiger partial charge in [-0.15, -0.1) is 22.7 Å². The lowest BCUT2D eigenvalue weighted by atomic mass is 10.0. The maximum Gasteiger partial charge on any atom is 0.271 e. The van der Waals surface area contributed by atoms with Crippen LogP contribution in [-0.2, 0) is 21.2 Å². The number of carbonyl (C=O) groups excluding carboxylic acids is 1. The highest BCUT2D eigenvalue weighted by Gasteiger charge is 2.18. The molecule has 0 radical (unpaired) electrons. The van der Waals surface area contributed by atoms with Gasteiger partial charge in [-0.3, -0.25) is 9.52 Å². The van der Waals surface area contributed by atoms with Gasteiger partial charge in [0.05, 0.1) is 12.5 Å². The summed E-state index contributed by atoms with van der Waals surface area (Å²) >= 11 is 2.81. The van der Waals surface area contributed by atoms with Crippen molar-refractivity contribution in [3.8, 4) is 0 Å². The van der Waals surface area contributed by atoms with Gasteiger partial charge in [0.2, 0.25) is 5.91 Å². The molecule has 5 nitrogen and oxygen atoms in total. The van der Waals surface area contributed by atoms with Crippen LogP contribution < -0.4 is 10.0 Å². The Morgan fingerprint density at radius 2 is 1.69 bits per heavy atom. The molecule has 2 heterocycles. The third-order valence-corrected chi connectivity index (χ3v) is 8.02. The van der Waals surface area contributed by atoms with Crippen LogP contribution in [0.3, 0.4) is 0 Å². The highest BCUT2D eigenvalue weighted by molar-refractivity contribution is 7.94. The van der Waals surface area contributed by atoms with Crippen molar-refractivity contribution >= 4 is 44.3 Å². The zero-order chi connectivity index (χ0) is 20.9. The van der Waals surface area contributed by atoms with Crippen molar-refractivity contribution in [2.75, 3.05) is 4.72 Å². The Morgan fingerprint density at radius 3 is 2.28 bits per heavy atom. The van der Waals surface area contributed by atoms with Crippen LogP contribution in [-0.4, -0.2) is 14.3 Å². The van der Waals surface area contributed by atoms with E-state index in [0.29, 0.717) is 11.6 Å². The van der Waals surface area contributed by atoms with Crippen LogP contribution in [0.15, 0.2) is 63.5 Å². The van der Waals surface area contributed by atoms with Gasteiger partial charge in [-0.1, -0.05) is 38.1 Å². The van der Waals surface area contributed by atoms with Gasteiger partial charge in [0.25, 0.3) is 10.0 Å². The van der Waals surface area contributed by atoms with E-state index in [9.17, 15) is 13.2 Å². The second-order valence-corrected chi connectivity index (χ2v) is 11.0. The topological polar surface area (TPSA) is 75.3 Å². The molecule has 2 N–H and O–H groups in total. The molecule has 0 spiro atoms. The molecule has 0 bridgehead atoms. The highest BCUT2D eigenvalue weighted by atomic mass is 32.2. The quantitative estimate of drug-likeness (QED) is 0.481. The first-order chi connectivity index (χ1) is 13.8. The Hall–Kier alpha value is -2.16. The van der Waals surface area contributed by atoms with Crippen molar-refractivity contribution in [3.63, 3.8) is 0 Å². The third kappa shape index (κ3) is 6.16. The van der Waals surface area contributed by atoms with Crippen molar-refractivity contribution in [2.45, 2.75) is 36.9 Å². The molecule has 0 fully saturated rings. The van der Waals surface area contributed by atoms with Crippen LogP contribution in [0.1, 0.15) is 36.8 Å². The Balaban J connectivity index is 1.61. The van der Waals surface area contributed by atoms with Crippen LogP contribution in [0, 0.1) is 5.92 Å². The number of anilines is 1. The van der Waals surface area contributed by atoms with Crippen molar-refractivity contribution in [1.29, 1.82) is 0 Å². The molecule has 1 unspecified atom stereocenters. The summed E-state index contributed by atoms with van der Waals surface area (Å²) in [6.07, 6.45) is 1.13. The van der Waals surface area contributed by atoms with Gasteiger partial charge >= 0.3 is 0 Å². The Bertz CT molecular complexity index is 1010. The predicted octanol–water partition coefficient (Wildman–Crippen LogP) is 5.06. The fourth-order valence-electron chi connectivity index (χ4n) is 2.95. The van der Waals surface area contributed by atoms with Gasteiger partial charge in [-0.25, -0.2) is 8.42 Å². The van der Waals surface area contributed by atoms with Gasteiger partial charge in [0.1, 0.15) is 4.21 Å². The Morgan fingerprint density at radius 1 is 1.00 bits per heavy atom. The van der Waals surface area contributed by atoms with E-state index in [0.717, 1.165) is 16.9 Å². The van der Waals surface area contributed by atoms with E-state index in [1.807, 2.05) is 17.5 Å². The molecule has 154 valence electrons. The molecule has 0 saturated carbocycles. The van der Waals surface area contributed by atoms with Crippen LogP contribution >= 0.6 is 22.7 Å². The fourth-order valence-corrected chi connectivity index (χ4v) is 5.79. The van der Waals surface area contributed by atoms with Crippen molar-refractivity contribution in [1.82, 2.24) is 5.32 Å². The first-order valence-corrected chi connectivity index (χ1v) is 12.6. The highest BCUT2D eigenvalue weighted by Crippen LogP contribution is 2.25. The largest absolute Gasteiger partial charge is 0.348 e. The number of hydrogen-bond acceptors (Lipinski definition) is 5. The standard InChI is InChI=1S/C21H24N2O3S3/c1-15(2)13-18(19-5-3-11-27-19)22-20(24)14-16-7-9-17(10-8-16)23-29(25,26)21-6-4-12-28-21/h3-12,15,18,23H,13-14H2,1-2H3,(H,22,24). The first kappa shape index (κ1) is 21.5. The number of rotatable bonds is 9. The second-order valence-electron chi connectivity index (χ2n) is 7.18. The number of sulfonamides is 1. The molecular formula is C21H24N2O3S3. The van der Waals surface area contributed by atoms with Crippen LogP contribution in [0.25, 0.3) is 0 Å². The minimum Gasteiger partial charge on any atom is -0.348 e. The Labute approximate surface area is 179 Å². The smallest absolute Gasteiger partial charge is 0.271 e. The van der Waals surface area contributed by atoms with E-state index >= 15 is 0 Å². The molecule has 1 atom stereocenters. The number of nitrogens with one attached hydrogen (secondary N) is 2. The van der Waals surface area contributed by atoms with E-state index < -0.39 is 10.0 Å². The number of carbonyl (C=O) groups is 1. The summed E-state index contributed by atoms with van der Waals surface area (Å²) in [5.74, 6) is 0.425. The third-order valence-electron chi connectivity index (χ3n) is 4.26. The molecule has 2 aromatic heterocycles. The number of amides is 1. The lowest BCUT2D eigenvalue weighted by molar-refractivity contribution is -0.121. The molecule has 0 aliphatic carbocycles. The molecule has 29 heavy (non-hydrogen) atoms. The monoisotopic (exact) mass is 448 g/mol. The van der Waals surface area contributed by atoms with E-state index in [4.69, 9.17) is 0 Å². The number of thiophene rings is 2. The summed E-state index contributed by atoms with van der Waals surface area (Å²) in [7, 11) is -3.57. The first-order valence-electron chi connectivity index (χ1n) is 9.31. The fraction of sp³-hybridized carbons (Fsp3) is 0.286. The SMILES string of the molecule is CC(C)CC(NC(=O)Cc1ccc(NS(=O)(=O)c2cccs2)cc1)c1cccs1. The van der Waals surface area contributed by atoms with Gasteiger partial charge in [-0.05, 0) is 52.9 Å². The van der Waals surface area contributed by atoms with Crippen LogP contribution in [0.4, 0.5) is 5.69 Å². The summed E-state index contributed by atoms with van der Waals surface area (Å²) in [6, 6.07) is 14.2. The molecular weight excluding hydrogens is 424 g/mol. The molecule has 3 rings (SSSR count). The zero-order valence-electron chi connectivity index (χ0n) is 16.3. The Kier molecular flexibility index (Phi) is 7.10. The average Bonchev–Trinajstić information content (AvgIpc) is 3.36. The van der Waals surface area contributed by atoms with Gasteiger partial charge in [0.15, 0.2) is 0 Å². The number of benzene rings is 1.